The number of hydrogen-bond donors (Lipinski definition) is 2. The van der Waals surface area contributed by atoms with E-state index >= 15 is 0 Å². The Hall–Kier alpha value is -2.04. The number of amides is 1. The summed E-state index contributed by atoms with van der Waals surface area (Å²) in [5.74, 6) is 0.209. The van der Waals surface area contributed by atoms with Crippen LogP contribution in [0.5, 0.6) is 0 Å². The van der Waals surface area contributed by atoms with Gasteiger partial charge in [-0.25, -0.2) is 4.99 Å². The van der Waals surface area contributed by atoms with Crippen molar-refractivity contribution in [3.05, 3.63) is 30.3 Å². The third kappa shape index (κ3) is 1.72. The molecule has 1 amide bonds. The van der Waals surface area contributed by atoms with Crippen LogP contribution in [0, 0.1) is 0 Å². The summed E-state index contributed by atoms with van der Waals surface area (Å²) < 4.78 is 0. The highest BCUT2D eigenvalue weighted by molar-refractivity contribution is 6.06. The summed E-state index contributed by atoms with van der Waals surface area (Å²) in [7, 11) is 0. The molecule has 0 aromatic heterocycles. The van der Waals surface area contributed by atoms with Crippen molar-refractivity contribution in [2.24, 2.45) is 10.7 Å². The Morgan fingerprint density at radius 1 is 1.22 bits per heavy atom. The van der Waals surface area contributed by atoms with Crippen molar-refractivity contribution in [1.29, 1.82) is 0 Å². The van der Waals surface area contributed by atoms with E-state index in [-0.39, 0.29) is 11.9 Å². The fourth-order valence-electron chi connectivity index (χ4n) is 2.65. The van der Waals surface area contributed by atoms with E-state index in [0.717, 1.165) is 13.1 Å². The largest absolute Gasteiger partial charge is 0.371 e. The molecule has 0 radical (unpaired) electrons. The Labute approximate surface area is 106 Å². The van der Waals surface area contributed by atoms with Crippen molar-refractivity contribution in [3.8, 4) is 0 Å². The van der Waals surface area contributed by atoms with Gasteiger partial charge in [0.2, 0.25) is 0 Å². The summed E-state index contributed by atoms with van der Waals surface area (Å²) in [6.07, 6.45) is 1.43. The lowest BCUT2D eigenvalue weighted by molar-refractivity contribution is -0.124. The lowest BCUT2D eigenvalue weighted by Gasteiger charge is -2.36. The second-order valence-electron chi connectivity index (χ2n) is 4.81. The van der Waals surface area contributed by atoms with Crippen LogP contribution in [0.25, 0.3) is 0 Å². The normalized spacial score (nSPS) is 21.9. The van der Waals surface area contributed by atoms with Gasteiger partial charge in [0.1, 0.15) is 5.54 Å². The number of piperidine rings is 1. The monoisotopic (exact) mass is 244 g/mol. The van der Waals surface area contributed by atoms with Crippen LogP contribution >= 0.6 is 0 Å². The molecular formula is C13H16N4O. The van der Waals surface area contributed by atoms with Crippen LogP contribution in [0.2, 0.25) is 0 Å². The number of nitrogens with two attached hydrogens (primary N) is 1. The van der Waals surface area contributed by atoms with Gasteiger partial charge in [0, 0.05) is 18.8 Å². The maximum Gasteiger partial charge on any atom is 0.254 e. The minimum absolute atomic E-state index is 0.0484. The van der Waals surface area contributed by atoms with E-state index in [2.05, 4.69) is 27.3 Å². The van der Waals surface area contributed by atoms with Gasteiger partial charge in [0.05, 0.1) is 0 Å². The Balaban J connectivity index is 1.74. The van der Waals surface area contributed by atoms with Crippen LogP contribution < -0.4 is 16.0 Å². The standard InChI is InChI=1S/C13H16N4O/c14-12-15-11(18)13(16-12)6-8-17(9-7-13)10-4-2-1-3-5-10/h1-5H,6-9H2,(H3,14,15,16,18). The number of anilines is 1. The highest BCUT2D eigenvalue weighted by Gasteiger charge is 2.45. The summed E-state index contributed by atoms with van der Waals surface area (Å²) in [6.45, 7) is 1.66. The molecule has 2 aliphatic heterocycles. The lowest BCUT2D eigenvalue weighted by atomic mass is 9.88. The summed E-state index contributed by atoms with van der Waals surface area (Å²) in [4.78, 5) is 18.5. The fraction of sp³-hybridized carbons (Fsp3) is 0.385. The van der Waals surface area contributed by atoms with Crippen LogP contribution in [0.3, 0.4) is 0 Å². The van der Waals surface area contributed by atoms with Gasteiger partial charge in [-0.3, -0.25) is 10.1 Å². The average Bonchev–Trinajstić information content (AvgIpc) is 2.66. The molecule has 1 fully saturated rings. The number of carbonyl (C=O) groups is 1. The van der Waals surface area contributed by atoms with Gasteiger partial charge >= 0.3 is 0 Å². The summed E-state index contributed by atoms with van der Waals surface area (Å²) in [5.41, 5.74) is 6.16. The molecule has 0 bridgehead atoms. The van der Waals surface area contributed by atoms with E-state index in [1.54, 1.807) is 0 Å². The third-order valence-corrected chi connectivity index (χ3v) is 3.71. The van der Waals surface area contributed by atoms with Gasteiger partial charge in [0.25, 0.3) is 5.91 Å². The van der Waals surface area contributed by atoms with E-state index in [1.165, 1.54) is 5.69 Å². The van der Waals surface area contributed by atoms with Crippen molar-refractivity contribution in [3.63, 3.8) is 0 Å². The zero-order valence-corrected chi connectivity index (χ0v) is 10.1. The van der Waals surface area contributed by atoms with Crippen molar-refractivity contribution >= 4 is 17.6 Å². The molecule has 0 saturated carbocycles. The number of guanidine groups is 1. The molecular weight excluding hydrogens is 228 g/mol. The molecule has 1 aromatic rings. The first kappa shape index (κ1) is 11.1. The zero-order chi connectivity index (χ0) is 12.6. The van der Waals surface area contributed by atoms with Crippen molar-refractivity contribution in [1.82, 2.24) is 5.32 Å². The Morgan fingerprint density at radius 3 is 2.44 bits per heavy atom. The van der Waals surface area contributed by atoms with E-state index < -0.39 is 5.54 Å². The Bertz CT molecular complexity index is 489. The number of rotatable bonds is 1. The van der Waals surface area contributed by atoms with Crippen LogP contribution in [0.1, 0.15) is 12.8 Å². The summed E-state index contributed by atoms with van der Waals surface area (Å²) >= 11 is 0. The van der Waals surface area contributed by atoms with Crippen LogP contribution in [0.15, 0.2) is 35.3 Å². The molecule has 0 atom stereocenters. The molecule has 2 aliphatic rings. The SMILES string of the molecule is NC1=NC2(CCN(c3ccccc3)CC2)C(=O)N1. The molecule has 5 heteroatoms. The lowest BCUT2D eigenvalue weighted by Crippen LogP contribution is -2.49. The van der Waals surface area contributed by atoms with Gasteiger partial charge in [0.15, 0.2) is 5.96 Å². The molecule has 3 rings (SSSR count). The highest BCUT2D eigenvalue weighted by atomic mass is 16.2. The topological polar surface area (TPSA) is 70.7 Å². The van der Waals surface area contributed by atoms with E-state index in [4.69, 9.17) is 5.73 Å². The highest BCUT2D eigenvalue weighted by Crippen LogP contribution is 2.31. The first-order valence-corrected chi connectivity index (χ1v) is 6.16. The number of nitrogens with zero attached hydrogens (tertiary/aromatic N) is 2. The quantitative estimate of drug-likeness (QED) is 0.754. The molecule has 2 heterocycles. The molecule has 1 saturated heterocycles. The smallest absolute Gasteiger partial charge is 0.254 e. The first-order chi connectivity index (χ1) is 8.70. The second-order valence-corrected chi connectivity index (χ2v) is 4.81. The predicted molar refractivity (Wildman–Crippen MR) is 70.4 cm³/mol. The maximum absolute atomic E-state index is 11.9. The summed E-state index contributed by atoms with van der Waals surface area (Å²) in [6, 6.07) is 10.2. The number of hydrogen-bond acceptors (Lipinski definition) is 4. The molecule has 94 valence electrons. The molecule has 18 heavy (non-hydrogen) atoms. The number of para-hydroxylation sites is 1. The predicted octanol–water partition coefficient (Wildman–Crippen LogP) is 0.470. The molecule has 0 unspecified atom stereocenters. The molecule has 1 spiro atoms. The zero-order valence-electron chi connectivity index (χ0n) is 10.1. The van der Waals surface area contributed by atoms with Crippen molar-refractivity contribution < 1.29 is 4.79 Å². The van der Waals surface area contributed by atoms with Crippen molar-refractivity contribution in [2.75, 3.05) is 18.0 Å². The summed E-state index contributed by atoms with van der Waals surface area (Å²) in [5, 5.41) is 2.60. The fourth-order valence-corrected chi connectivity index (χ4v) is 2.65. The van der Waals surface area contributed by atoms with E-state index in [0.29, 0.717) is 12.8 Å². The second kappa shape index (κ2) is 4.01. The van der Waals surface area contributed by atoms with Gasteiger partial charge in [-0.05, 0) is 25.0 Å². The number of aliphatic imine (C=N–C) groups is 1. The van der Waals surface area contributed by atoms with Crippen LogP contribution in [0.4, 0.5) is 5.69 Å². The third-order valence-electron chi connectivity index (χ3n) is 3.71. The number of nitrogens with one attached hydrogen (secondary N) is 1. The van der Waals surface area contributed by atoms with Crippen LogP contribution in [-0.4, -0.2) is 30.5 Å². The van der Waals surface area contributed by atoms with E-state index in [9.17, 15) is 4.79 Å². The molecule has 0 aliphatic carbocycles. The van der Waals surface area contributed by atoms with Gasteiger partial charge in [-0.2, -0.15) is 0 Å². The number of carbonyl (C=O) groups excluding carboxylic acids is 1. The van der Waals surface area contributed by atoms with Gasteiger partial charge < -0.3 is 10.6 Å². The molecule has 1 aromatic carbocycles. The van der Waals surface area contributed by atoms with E-state index in [1.807, 2.05) is 18.2 Å². The maximum atomic E-state index is 11.9. The average molecular weight is 244 g/mol. The van der Waals surface area contributed by atoms with Gasteiger partial charge in [-0.15, -0.1) is 0 Å². The Morgan fingerprint density at radius 2 is 1.89 bits per heavy atom. The molecule has 5 nitrogen and oxygen atoms in total. The minimum Gasteiger partial charge on any atom is -0.371 e. The Kier molecular flexibility index (Phi) is 2.47. The van der Waals surface area contributed by atoms with Gasteiger partial charge in [-0.1, -0.05) is 18.2 Å². The first-order valence-electron chi connectivity index (χ1n) is 6.16. The van der Waals surface area contributed by atoms with Crippen LogP contribution in [-0.2, 0) is 4.79 Å². The number of benzene rings is 1. The molecule has 3 N–H and O–H groups in total. The van der Waals surface area contributed by atoms with Crippen molar-refractivity contribution in [2.45, 2.75) is 18.4 Å². The minimum atomic E-state index is -0.616.